The van der Waals surface area contributed by atoms with Crippen LogP contribution < -0.4 is 0 Å². The lowest BCUT2D eigenvalue weighted by molar-refractivity contribution is 0.0967. The van der Waals surface area contributed by atoms with Gasteiger partial charge in [-0.2, -0.15) is 0 Å². The Morgan fingerprint density at radius 1 is 1.00 bits per heavy atom. The zero-order valence-electron chi connectivity index (χ0n) is 9.01. The molecule has 2 unspecified atom stereocenters. The summed E-state index contributed by atoms with van der Waals surface area (Å²) >= 11 is 0. The van der Waals surface area contributed by atoms with Gasteiger partial charge in [0.25, 0.3) is 0 Å². The third-order valence-corrected chi connectivity index (χ3v) is 2.44. The molecular formula is C11H24O. The fraction of sp³-hybridized carbons (Fsp3) is 1.00. The van der Waals surface area contributed by atoms with E-state index in [-0.39, 0.29) is 6.10 Å². The normalized spacial score (nSPS) is 16.5. The molecule has 0 radical (unpaired) electrons. The number of aliphatic hydroxyl groups is 1. The predicted octanol–water partition coefficient (Wildman–Crippen LogP) is 3.22. The van der Waals surface area contributed by atoms with Gasteiger partial charge >= 0.3 is 0 Å². The number of hydrogen-bond acceptors (Lipinski definition) is 1. The Labute approximate surface area is 77.2 Å². The minimum Gasteiger partial charge on any atom is -0.393 e. The van der Waals surface area contributed by atoms with E-state index in [0.29, 0.717) is 11.8 Å². The molecule has 0 aliphatic heterocycles. The number of aliphatic hydroxyl groups excluding tert-OH is 1. The molecule has 0 heterocycles. The third kappa shape index (κ3) is 5.59. The first-order valence-electron chi connectivity index (χ1n) is 5.26. The van der Waals surface area contributed by atoms with E-state index >= 15 is 0 Å². The number of hydrogen-bond donors (Lipinski definition) is 1. The van der Waals surface area contributed by atoms with Crippen molar-refractivity contribution in [2.75, 3.05) is 0 Å². The summed E-state index contributed by atoms with van der Waals surface area (Å²) in [7, 11) is 0. The van der Waals surface area contributed by atoms with E-state index in [1.165, 1.54) is 6.42 Å². The summed E-state index contributed by atoms with van der Waals surface area (Å²) in [6.45, 7) is 8.73. The maximum absolute atomic E-state index is 9.70. The van der Waals surface area contributed by atoms with Gasteiger partial charge in [-0.25, -0.2) is 0 Å². The Bertz CT molecular complexity index is 99.2. The molecule has 0 rings (SSSR count). The average molecular weight is 172 g/mol. The van der Waals surface area contributed by atoms with E-state index in [0.717, 1.165) is 19.3 Å². The monoisotopic (exact) mass is 172 g/mol. The summed E-state index contributed by atoms with van der Waals surface area (Å²) in [4.78, 5) is 0. The van der Waals surface area contributed by atoms with E-state index in [1.54, 1.807) is 0 Å². The molecule has 0 aromatic heterocycles. The standard InChI is InChI=1S/C11H24O/c1-5-6-10(4)11(12)8-7-9(2)3/h9-12H,5-8H2,1-4H3. The second kappa shape index (κ2) is 6.47. The van der Waals surface area contributed by atoms with E-state index in [9.17, 15) is 5.11 Å². The minimum atomic E-state index is -0.0765. The Kier molecular flexibility index (Phi) is 6.45. The van der Waals surface area contributed by atoms with Crippen LogP contribution in [0, 0.1) is 11.8 Å². The van der Waals surface area contributed by atoms with Crippen LogP contribution in [0.15, 0.2) is 0 Å². The van der Waals surface area contributed by atoms with Crippen molar-refractivity contribution in [1.82, 2.24) is 0 Å². The van der Waals surface area contributed by atoms with Gasteiger partial charge in [0.2, 0.25) is 0 Å². The molecule has 0 aromatic rings. The van der Waals surface area contributed by atoms with Crippen LogP contribution in [0.5, 0.6) is 0 Å². The summed E-state index contributed by atoms with van der Waals surface area (Å²) in [5, 5.41) is 9.70. The predicted molar refractivity (Wildman–Crippen MR) is 54.2 cm³/mol. The summed E-state index contributed by atoms with van der Waals surface area (Å²) in [6, 6.07) is 0. The highest BCUT2D eigenvalue weighted by molar-refractivity contribution is 4.64. The van der Waals surface area contributed by atoms with Gasteiger partial charge in [0.05, 0.1) is 6.10 Å². The van der Waals surface area contributed by atoms with Gasteiger partial charge in [-0.15, -0.1) is 0 Å². The van der Waals surface area contributed by atoms with Crippen molar-refractivity contribution in [3.8, 4) is 0 Å². The highest BCUT2D eigenvalue weighted by Gasteiger charge is 2.12. The first-order chi connectivity index (χ1) is 5.57. The van der Waals surface area contributed by atoms with Gasteiger partial charge < -0.3 is 5.11 Å². The van der Waals surface area contributed by atoms with Crippen LogP contribution in [-0.2, 0) is 0 Å². The molecule has 2 atom stereocenters. The molecule has 0 fully saturated rings. The molecule has 0 amide bonds. The van der Waals surface area contributed by atoms with Crippen molar-refractivity contribution in [1.29, 1.82) is 0 Å². The summed E-state index contributed by atoms with van der Waals surface area (Å²) < 4.78 is 0. The lowest BCUT2D eigenvalue weighted by Crippen LogP contribution is -2.17. The second-order valence-corrected chi connectivity index (χ2v) is 4.30. The van der Waals surface area contributed by atoms with Crippen molar-refractivity contribution in [3.05, 3.63) is 0 Å². The van der Waals surface area contributed by atoms with Gasteiger partial charge in [0.15, 0.2) is 0 Å². The molecule has 74 valence electrons. The van der Waals surface area contributed by atoms with Gasteiger partial charge in [0.1, 0.15) is 0 Å². The molecule has 0 saturated heterocycles. The molecule has 1 heteroatoms. The summed E-state index contributed by atoms with van der Waals surface area (Å²) in [6.07, 6.45) is 4.38. The highest BCUT2D eigenvalue weighted by atomic mass is 16.3. The Balaban J connectivity index is 3.49. The van der Waals surface area contributed by atoms with Crippen LogP contribution in [-0.4, -0.2) is 11.2 Å². The van der Waals surface area contributed by atoms with Gasteiger partial charge in [-0.05, 0) is 31.1 Å². The van der Waals surface area contributed by atoms with Crippen molar-refractivity contribution in [2.24, 2.45) is 11.8 Å². The summed E-state index contributed by atoms with van der Waals surface area (Å²) in [5.74, 6) is 1.20. The fourth-order valence-electron chi connectivity index (χ4n) is 1.44. The zero-order valence-corrected chi connectivity index (χ0v) is 9.01. The quantitative estimate of drug-likeness (QED) is 0.652. The average Bonchev–Trinajstić information content (AvgIpc) is 2.00. The van der Waals surface area contributed by atoms with Crippen molar-refractivity contribution < 1.29 is 5.11 Å². The van der Waals surface area contributed by atoms with Crippen LogP contribution in [0.25, 0.3) is 0 Å². The first kappa shape index (κ1) is 12.0. The molecule has 0 spiro atoms. The lowest BCUT2D eigenvalue weighted by Gasteiger charge is -2.18. The topological polar surface area (TPSA) is 20.2 Å². The Hall–Kier alpha value is -0.0400. The van der Waals surface area contributed by atoms with E-state index in [2.05, 4.69) is 27.7 Å². The molecule has 1 N–H and O–H groups in total. The van der Waals surface area contributed by atoms with Crippen molar-refractivity contribution >= 4 is 0 Å². The highest BCUT2D eigenvalue weighted by Crippen LogP contribution is 2.16. The maximum atomic E-state index is 9.70. The Morgan fingerprint density at radius 2 is 1.58 bits per heavy atom. The van der Waals surface area contributed by atoms with E-state index in [4.69, 9.17) is 0 Å². The third-order valence-electron chi connectivity index (χ3n) is 2.44. The van der Waals surface area contributed by atoms with Crippen LogP contribution >= 0.6 is 0 Å². The molecule has 0 aromatic carbocycles. The lowest BCUT2D eigenvalue weighted by atomic mass is 9.93. The minimum absolute atomic E-state index is 0.0765. The molecule has 12 heavy (non-hydrogen) atoms. The SMILES string of the molecule is CCCC(C)C(O)CCC(C)C. The van der Waals surface area contributed by atoms with Gasteiger partial charge in [-0.1, -0.05) is 34.1 Å². The molecule has 0 aliphatic rings. The van der Waals surface area contributed by atoms with Crippen molar-refractivity contribution in [2.45, 2.75) is 59.5 Å². The Morgan fingerprint density at radius 3 is 2.00 bits per heavy atom. The molecule has 0 aliphatic carbocycles. The fourth-order valence-corrected chi connectivity index (χ4v) is 1.44. The smallest absolute Gasteiger partial charge is 0.0565 e. The largest absolute Gasteiger partial charge is 0.393 e. The molecule has 0 saturated carbocycles. The summed E-state index contributed by atoms with van der Waals surface area (Å²) in [5.41, 5.74) is 0. The van der Waals surface area contributed by atoms with E-state index < -0.39 is 0 Å². The van der Waals surface area contributed by atoms with Crippen LogP contribution in [0.3, 0.4) is 0 Å². The maximum Gasteiger partial charge on any atom is 0.0565 e. The molecular weight excluding hydrogens is 148 g/mol. The van der Waals surface area contributed by atoms with Gasteiger partial charge in [0, 0.05) is 0 Å². The molecule has 1 nitrogen and oxygen atoms in total. The van der Waals surface area contributed by atoms with Crippen LogP contribution in [0.1, 0.15) is 53.4 Å². The van der Waals surface area contributed by atoms with Crippen LogP contribution in [0.4, 0.5) is 0 Å². The number of rotatable bonds is 6. The van der Waals surface area contributed by atoms with Crippen molar-refractivity contribution in [3.63, 3.8) is 0 Å². The van der Waals surface area contributed by atoms with E-state index in [1.807, 2.05) is 0 Å². The first-order valence-corrected chi connectivity index (χ1v) is 5.26. The van der Waals surface area contributed by atoms with Crippen LogP contribution in [0.2, 0.25) is 0 Å². The molecule has 0 bridgehead atoms. The second-order valence-electron chi connectivity index (χ2n) is 4.30. The van der Waals surface area contributed by atoms with Gasteiger partial charge in [-0.3, -0.25) is 0 Å². The zero-order chi connectivity index (χ0) is 9.56.